The molecular formula is C11H12N2O5S. The Morgan fingerprint density at radius 3 is 2.79 bits per heavy atom. The Kier molecular flexibility index (Phi) is 4.33. The number of ether oxygens (including phenoxy) is 1. The van der Waals surface area contributed by atoms with Crippen molar-refractivity contribution in [1.82, 2.24) is 4.98 Å². The third-order valence-electron chi connectivity index (χ3n) is 2.73. The van der Waals surface area contributed by atoms with E-state index in [-0.39, 0.29) is 10.8 Å². The second-order valence-electron chi connectivity index (χ2n) is 4.03. The number of nitro groups is 1. The van der Waals surface area contributed by atoms with Gasteiger partial charge < -0.3 is 20.0 Å². The number of hydrogen-bond acceptors (Lipinski definition) is 6. The molecule has 8 heteroatoms. The van der Waals surface area contributed by atoms with Gasteiger partial charge in [0.15, 0.2) is 6.20 Å². The number of pyridine rings is 1. The SMILES string of the molecule is O=C(O)c1cc([N+](=O)[O-])ncc1SC1CCOCC1. The van der Waals surface area contributed by atoms with Crippen LogP contribution in [0.2, 0.25) is 0 Å². The summed E-state index contributed by atoms with van der Waals surface area (Å²) in [6, 6.07) is 1.00. The van der Waals surface area contributed by atoms with E-state index in [9.17, 15) is 14.9 Å². The van der Waals surface area contributed by atoms with Crippen molar-refractivity contribution < 1.29 is 19.6 Å². The quantitative estimate of drug-likeness (QED) is 0.665. The molecule has 0 aliphatic carbocycles. The van der Waals surface area contributed by atoms with E-state index in [2.05, 4.69) is 4.98 Å². The van der Waals surface area contributed by atoms with E-state index >= 15 is 0 Å². The zero-order valence-corrected chi connectivity index (χ0v) is 10.8. The number of nitrogens with zero attached hydrogens (tertiary/aromatic N) is 2. The molecule has 7 nitrogen and oxygen atoms in total. The molecule has 19 heavy (non-hydrogen) atoms. The minimum Gasteiger partial charge on any atom is -0.478 e. The van der Waals surface area contributed by atoms with E-state index < -0.39 is 16.7 Å². The van der Waals surface area contributed by atoms with Crippen LogP contribution in [0.5, 0.6) is 0 Å². The zero-order chi connectivity index (χ0) is 13.8. The lowest BCUT2D eigenvalue weighted by molar-refractivity contribution is -0.389. The van der Waals surface area contributed by atoms with Crippen LogP contribution in [0, 0.1) is 10.1 Å². The first kappa shape index (κ1) is 13.8. The molecule has 2 heterocycles. The molecule has 0 spiro atoms. The maximum atomic E-state index is 11.1. The number of carboxylic acids is 1. The third kappa shape index (κ3) is 3.42. The lowest BCUT2D eigenvalue weighted by atomic mass is 10.2. The summed E-state index contributed by atoms with van der Waals surface area (Å²) in [6.07, 6.45) is 2.93. The van der Waals surface area contributed by atoms with Gasteiger partial charge in [0.05, 0.1) is 16.5 Å². The standard InChI is InChI=1S/C11H12N2O5S/c14-11(15)8-5-10(13(16)17)12-6-9(8)19-7-1-3-18-4-2-7/h5-7H,1-4H2,(H,14,15). The van der Waals surface area contributed by atoms with Crippen molar-refractivity contribution in [2.45, 2.75) is 23.0 Å². The number of rotatable bonds is 4. The van der Waals surface area contributed by atoms with Gasteiger partial charge in [0.1, 0.15) is 0 Å². The highest BCUT2D eigenvalue weighted by atomic mass is 32.2. The fraction of sp³-hybridized carbons (Fsp3) is 0.455. The summed E-state index contributed by atoms with van der Waals surface area (Å²) in [6.45, 7) is 1.31. The van der Waals surface area contributed by atoms with Gasteiger partial charge in [-0.3, -0.25) is 0 Å². The molecule has 102 valence electrons. The van der Waals surface area contributed by atoms with Gasteiger partial charge in [0, 0.05) is 18.5 Å². The molecule has 0 atom stereocenters. The van der Waals surface area contributed by atoms with E-state index in [1.165, 1.54) is 18.0 Å². The van der Waals surface area contributed by atoms with Gasteiger partial charge in [-0.05, 0) is 22.7 Å². The highest BCUT2D eigenvalue weighted by Gasteiger charge is 2.22. The lowest BCUT2D eigenvalue weighted by Gasteiger charge is -2.21. The molecule has 0 saturated carbocycles. The fourth-order valence-corrected chi connectivity index (χ4v) is 2.94. The van der Waals surface area contributed by atoms with Gasteiger partial charge in [-0.25, -0.2) is 4.79 Å². The predicted molar refractivity (Wildman–Crippen MR) is 67.5 cm³/mol. The average molecular weight is 284 g/mol. The van der Waals surface area contributed by atoms with Crippen LogP contribution in [0.4, 0.5) is 5.82 Å². The highest BCUT2D eigenvalue weighted by molar-refractivity contribution is 8.00. The van der Waals surface area contributed by atoms with Crippen LogP contribution in [0.3, 0.4) is 0 Å². The third-order valence-corrected chi connectivity index (χ3v) is 4.12. The van der Waals surface area contributed by atoms with E-state index in [4.69, 9.17) is 9.84 Å². The van der Waals surface area contributed by atoms with Crippen LogP contribution in [0.15, 0.2) is 17.2 Å². The maximum Gasteiger partial charge on any atom is 0.364 e. The number of thioether (sulfide) groups is 1. The van der Waals surface area contributed by atoms with Crippen molar-refractivity contribution in [2.24, 2.45) is 0 Å². The van der Waals surface area contributed by atoms with E-state index in [0.29, 0.717) is 18.1 Å². The summed E-state index contributed by atoms with van der Waals surface area (Å²) in [5.41, 5.74) is -0.0711. The van der Waals surface area contributed by atoms with E-state index in [1.54, 1.807) is 0 Å². The van der Waals surface area contributed by atoms with Crippen molar-refractivity contribution in [3.8, 4) is 0 Å². The molecule has 1 aromatic heterocycles. The van der Waals surface area contributed by atoms with Gasteiger partial charge in [-0.2, -0.15) is 0 Å². The molecule has 1 aliphatic heterocycles. The maximum absolute atomic E-state index is 11.1. The minimum atomic E-state index is -1.18. The molecule has 1 aromatic rings. The molecule has 0 aromatic carbocycles. The summed E-state index contributed by atoms with van der Waals surface area (Å²) in [5, 5.41) is 20.0. The Labute approximate surface area is 113 Å². The Hall–Kier alpha value is -1.67. The zero-order valence-electron chi connectivity index (χ0n) is 9.94. The molecule has 1 fully saturated rings. The summed E-state index contributed by atoms with van der Waals surface area (Å²) in [7, 11) is 0. The Morgan fingerprint density at radius 1 is 1.53 bits per heavy atom. The summed E-state index contributed by atoms with van der Waals surface area (Å²) in [4.78, 5) is 25.2. The molecule has 1 N–H and O–H groups in total. The number of aromatic nitrogens is 1. The fourth-order valence-electron chi connectivity index (χ4n) is 1.77. The van der Waals surface area contributed by atoms with Gasteiger partial charge in [0.2, 0.25) is 0 Å². The largest absolute Gasteiger partial charge is 0.478 e. The number of aromatic carboxylic acids is 1. The van der Waals surface area contributed by atoms with Gasteiger partial charge in [-0.15, -0.1) is 11.8 Å². The molecule has 2 rings (SSSR count). The summed E-state index contributed by atoms with van der Waals surface area (Å²) < 4.78 is 5.23. The number of carbonyl (C=O) groups is 1. The first-order valence-electron chi connectivity index (χ1n) is 5.70. The van der Waals surface area contributed by atoms with Crippen molar-refractivity contribution in [2.75, 3.05) is 13.2 Å². The average Bonchev–Trinajstić information content (AvgIpc) is 2.39. The van der Waals surface area contributed by atoms with E-state index in [0.717, 1.165) is 18.9 Å². The van der Waals surface area contributed by atoms with Crippen LogP contribution in [0.25, 0.3) is 0 Å². The van der Waals surface area contributed by atoms with Gasteiger partial charge in [-0.1, -0.05) is 0 Å². The molecule has 0 bridgehead atoms. The molecule has 1 aliphatic rings. The highest BCUT2D eigenvalue weighted by Crippen LogP contribution is 2.32. The second-order valence-corrected chi connectivity index (χ2v) is 5.37. The smallest absolute Gasteiger partial charge is 0.364 e. The lowest BCUT2D eigenvalue weighted by Crippen LogP contribution is -2.18. The van der Waals surface area contributed by atoms with Crippen molar-refractivity contribution in [3.63, 3.8) is 0 Å². The first-order valence-corrected chi connectivity index (χ1v) is 6.58. The summed E-state index contributed by atoms with van der Waals surface area (Å²) in [5.74, 6) is -1.63. The predicted octanol–water partition coefficient (Wildman–Crippen LogP) is 1.96. The molecule has 0 unspecified atom stereocenters. The van der Waals surface area contributed by atoms with Crippen molar-refractivity contribution in [1.29, 1.82) is 0 Å². The molecular weight excluding hydrogens is 272 g/mol. The van der Waals surface area contributed by atoms with Gasteiger partial charge in [0.25, 0.3) is 0 Å². The Bertz CT molecular complexity index is 502. The number of carboxylic acid groups (broad SMARTS) is 1. The van der Waals surface area contributed by atoms with Crippen LogP contribution < -0.4 is 0 Å². The van der Waals surface area contributed by atoms with Crippen LogP contribution in [0.1, 0.15) is 23.2 Å². The Morgan fingerprint density at radius 2 is 2.21 bits per heavy atom. The van der Waals surface area contributed by atoms with Crippen LogP contribution >= 0.6 is 11.8 Å². The van der Waals surface area contributed by atoms with Gasteiger partial charge >= 0.3 is 11.8 Å². The topological polar surface area (TPSA) is 103 Å². The van der Waals surface area contributed by atoms with Crippen molar-refractivity contribution in [3.05, 3.63) is 27.9 Å². The molecule has 0 radical (unpaired) electrons. The normalized spacial score (nSPS) is 16.2. The number of hydrogen-bond donors (Lipinski definition) is 1. The van der Waals surface area contributed by atoms with Crippen LogP contribution in [-0.2, 0) is 4.74 Å². The Balaban J connectivity index is 2.23. The van der Waals surface area contributed by atoms with Crippen LogP contribution in [-0.4, -0.2) is 39.4 Å². The monoisotopic (exact) mass is 284 g/mol. The molecule has 1 saturated heterocycles. The first-order chi connectivity index (χ1) is 9.08. The minimum absolute atomic E-state index is 0.0711. The molecule has 0 amide bonds. The summed E-state index contributed by atoms with van der Waals surface area (Å²) >= 11 is 1.39. The second kappa shape index (κ2) is 5.98. The van der Waals surface area contributed by atoms with Crippen molar-refractivity contribution >= 4 is 23.5 Å². The van der Waals surface area contributed by atoms with E-state index in [1.807, 2.05) is 0 Å².